The molecule has 3 nitrogen and oxygen atoms in total. The lowest BCUT2D eigenvalue weighted by atomic mass is 10.2. The molecule has 0 aliphatic carbocycles. The van der Waals surface area contributed by atoms with Crippen LogP contribution >= 0.6 is 22.7 Å². The average molecular weight is 328 g/mol. The monoisotopic (exact) mass is 328 g/mol. The number of amides is 1. The van der Waals surface area contributed by atoms with E-state index in [4.69, 9.17) is 4.98 Å². The highest BCUT2D eigenvalue weighted by atomic mass is 32.1. The minimum absolute atomic E-state index is 0.0450. The van der Waals surface area contributed by atoms with Crippen molar-refractivity contribution in [1.29, 1.82) is 0 Å². The predicted octanol–water partition coefficient (Wildman–Crippen LogP) is 4.22. The second-order valence-electron chi connectivity index (χ2n) is 4.76. The van der Waals surface area contributed by atoms with Gasteiger partial charge >= 0.3 is 0 Å². The molecule has 0 spiro atoms. The molecule has 112 valence electrons. The van der Waals surface area contributed by atoms with E-state index in [1.54, 1.807) is 22.7 Å². The second kappa shape index (κ2) is 6.85. The summed E-state index contributed by atoms with van der Waals surface area (Å²) < 4.78 is 0. The lowest BCUT2D eigenvalue weighted by Gasteiger charge is -2.01. The second-order valence-corrected chi connectivity index (χ2v) is 6.80. The van der Waals surface area contributed by atoms with Gasteiger partial charge in [-0.05, 0) is 18.4 Å². The van der Waals surface area contributed by atoms with Crippen molar-refractivity contribution in [2.45, 2.75) is 13.3 Å². The molecule has 0 radical (unpaired) electrons. The van der Waals surface area contributed by atoms with Crippen molar-refractivity contribution in [3.05, 3.63) is 52.7 Å². The fraction of sp³-hybridized carbons (Fsp3) is 0.176. The van der Waals surface area contributed by atoms with Crippen LogP contribution in [0.3, 0.4) is 0 Å². The highest BCUT2D eigenvalue weighted by molar-refractivity contribution is 7.17. The summed E-state index contributed by atoms with van der Waals surface area (Å²) in [5.74, 6) is 0.0450. The van der Waals surface area contributed by atoms with E-state index in [1.165, 1.54) is 0 Å². The number of hydrogen-bond donors (Lipinski definition) is 1. The minimum Gasteiger partial charge on any atom is -0.356 e. The Balaban J connectivity index is 1.99. The zero-order chi connectivity index (χ0) is 15.4. The number of carbonyl (C=O) groups is 1. The molecule has 22 heavy (non-hydrogen) atoms. The molecule has 0 fully saturated rings. The first-order chi connectivity index (χ1) is 10.8. The fourth-order valence-electron chi connectivity index (χ4n) is 2.19. The smallest absolute Gasteiger partial charge is 0.225 e. The summed E-state index contributed by atoms with van der Waals surface area (Å²) in [7, 11) is 0. The van der Waals surface area contributed by atoms with Gasteiger partial charge in [-0.1, -0.05) is 36.4 Å². The standard InChI is InChI=1S/C17H16N2OS2/c1-2-18-15(20)11-14-16(13-9-6-10-21-13)19-17(22-14)12-7-4-3-5-8-12/h3-10H,2,11H2,1H3,(H,18,20). The number of rotatable bonds is 5. The van der Waals surface area contributed by atoms with Gasteiger partial charge in [0.25, 0.3) is 0 Å². The van der Waals surface area contributed by atoms with E-state index in [-0.39, 0.29) is 5.91 Å². The molecule has 3 aromatic rings. The summed E-state index contributed by atoms with van der Waals surface area (Å²) in [5.41, 5.74) is 2.03. The molecule has 0 aliphatic rings. The Morgan fingerprint density at radius 3 is 2.68 bits per heavy atom. The van der Waals surface area contributed by atoms with Crippen LogP contribution < -0.4 is 5.32 Å². The van der Waals surface area contributed by atoms with Gasteiger partial charge in [0.2, 0.25) is 5.91 Å². The summed E-state index contributed by atoms with van der Waals surface area (Å²) in [4.78, 5) is 18.9. The van der Waals surface area contributed by atoms with Gasteiger partial charge in [-0.25, -0.2) is 4.98 Å². The SMILES string of the molecule is CCNC(=O)Cc1sc(-c2ccccc2)nc1-c1cccs1. The van der Waals surface area contributed by atoms with Gasteiger partial charge in [-0.2, -0.15) is 0 Å². The zero-order valence-electron chi connectivity index (χ0n) is 12.2. The van der Waals surface area contributed by atoms with Crippen LogP contribution in [0.2, 0.25) is 0 Å². The summed E-state index contributed by atoms with van der Waals surface area (Å²) in [5, 5.41) is 5.85. The topological polar surface area (TPSA) is 42.0 Å². The van der Waals surface area contributed by atoms with Crippen molar-refractivity contribution < 1.29 is 4.79 Å². The third kappa shape index (κ3) is 3.26. The molecule has 0 saturated carbocycles. The van der Waals surface area contributed by atoms with Crippen molar-refractivity contribution in [3.63, 3.8) is 0 Å². The number of thiazole rings is 1. The van der Waals surface area contributed by atoms with Crippen LogP contribution in [-0.4, -0.2) is 17.4 Å². The number of likely N-dealkylation sites (N-methyl/N-ethyl adjacent to an activating group) is 1. The van der Waals surface area contributed by atoms with Crippen LogP contribution in [-0.2, 0) is 11.2 Å². The largest absolute Gasteiger partial charge is 0.356 e. The molecular formula is C17H16N2OS2. The molecule has 1 amide bonds. The number of nitrogens with one attached hydrogen (secondary N) is 1. The molecule has 0 unspecified atom stereocenters. The van der Waals surface area contributed by atoms with Crippen molar-refractivity contribution in [2.24, 2.45) is 0 Å². The summed E-state index contributed by atoms with van der Waals surface area (Å²) in [6, 6.07) is 14.2. The van der Waals surface area contributed by atoms with Crippen LogP contribution in [0.5, 0.6) is 0 Å². The maximum Gasteiger partial charge on any atom is 0.225 e. The molecule has 3 rings (SSSR count). The molecule has 2 heterocycles. The van der Waals surface area contributed by atoms with Gasteiger partial charge in [-0.3, -0.25) is 4.79 Å². The molecule has 1 aromatic carbocycles. The highest BCUT2D eigenvalue weighted by Gasteiger charge is 2.17. The van der Waals surface area contributed by atoms with E-state index >= 15 is 0 Å². The van der Waals surface area contributed by atoms with E-state index < -0.39 is 0 Å². The third-order valence-corrected chi connectivity index (χ3v) is 5.15. The Hall–Kier alpha value is -1.98. The van der Waals surface area contributed by atoms with E-state index in [1.807, 2.05) is 48.7 Å². The first kappa shape index (κ1) is 14.9. The Labute approximate surface area is 137 Å². The van der Waals surface area contributed by atoms with Gasteiger partial charge in [0.15, 0.2) is 0 Å². The van der Waals surface area contributed by atoms with E-state index in [0.29, 0.717) is 13.0 Å². The number of nitrogens with zero attached hydrogens (tertiary/aromatic N) is 1. The Morgan fingerprint density at radius 2 is 2.00 bits per heavy atom. The van der Waals surface area contributed by atoms with Gasteiger partial charge in [0, 0.05) is 17.0 Å². The molecule has 2 aromatic heterocycles. The predicted molar refractivity (Wildman–Crippen MR) is 93.3 cm³/mol. The zero-order valence-corrected chi connectivity index (χ0v) is 13.8. The first-order valence-electron chi connectivity index (χ1n) is 7.13. The van der Waals surface area contributed by atoms with Crippen LogP contribution in [0.1, 0.15) is 11.8 Å². The van der Waals surface area contributed by atoms with Crippen LogP contribution in [0.15, 0.2) is 47.8 Å². The van der Waals surface area contributed by atoms with Crippen molar-refractivity contribution in [1.82, 2.24) is 10.3 Å². The van der Waals surface area contributed by atoms with Crippen molar-refractivity contribution in [3.8, 4) is 21.1 Å². The number of thiophene rings is 1. The number of benzene rings is 1. The van der Waals surface area contributed by atoms with Gasteiger partial charge in [0.05, 0.1) is 17.0 Å². The van der Waals surface area contributed by atoms with Crippen molar-refractivity contribution >= 4 is 28.6 Å². The Bertz CT molecular complexity index is 748. The van der Waals surface area contributed by atoms with Gasteiger partial charge in [0.1, 0.15) is 5.01 Å². The summed E-state index contributed by atoms with van der Waals surface area (Å²) in [6.07, 6.45) is 0.381. The van der Waals surface area contributed by atoms with E-state index in [9.17, 15) is 4.79 Å². The molecular weight excluding hydrogens is 312 g/mol. The quantitative estimate of drug-likeness (QED) is 0.762. The third-order valence-electron chi connectivity index (χ3n) is 3.17. The highest BCUT2D eigenvalue weighted by Crippen LogP contribution is 2.36. The number of aromatic nitrogens is 1. The lowest BCUT2D eigenvalue weighted by molar-refractivity contribution is -0.120. The van der Waals surface area contributed by atoms with E-state index in [2.05, 4.69) is 11.4 Å². The molecule has 0 bridgehead atoms. The van der Waals surface area contributed by atoms with Crippen molar-refractivity contribution in [2.75, 3.05) is 6.54 Å². The van der Waals surface area contributed by atoms with Crippen LogP contribution in [0.4, 0.5) is 0 Å². The minimum atomic E-state index is 0.0450. The Morgan fingerprint density at radius 1 is 1.18 bits per heavy atom. The average Bonchev–Trinajstić information content (AvgIpc) is 3.17. The molecule has 5 heteroatoms. The maximum absolute atomic E-state index is 12.0. The Kier molecular flexibility index (Phi) is 4.65. The van der Waals surface area contributed by atoms with Gasteiger partial charge in [-0.15, -0.1) is 22.7 Å². The maximum atomic E-state index is 12.0. The number of hydrogen-bond acceptors (Lipinski definition) is 4. The molecule has 0 aliphatic heterocycles. The van der Waals surface area contributed by atoms with Crippen LogP contribution in [0.25, 0.3) is 21.1 Å². The number of carbonyl (C=O) groups excluding carboxylic acids is 1. The lowest BCUT2D eigenvalue weighted by Crippen LogP contribution is -2.24. The molecule has 0 saturated heterocycles. The van der Waals surface area contributed by atoms with E-state index in [0.717, 1.165) is 26.0 Å². The summed E-state index contributed by atoms with van der Waals surface area (Å²) in [6.45, 7) is 2.58. The summed E-state index contributed by atoms with van der Waals surface area (Å²) >= 11 is 3.25. The molecule has 1 N–H and O–H groups in total. The first-order valence-corrected chi connectivity index (χ1v) is 8.83. The van der Waals surface area contributed by atoms with Gasteiger partial charge < -0.3 is 5.32 Å². The normalized spacial score (nSPS) is 10.6. The molecule has 0 atom stereocenters. The van der Waals surface area contributed by atoms with Crippen LogP contribution in [0, 0.1) is 0 Å². The fourth-order valence-corrected chi connectivity index (χ4v) is 4.07.